The molecule has 3 aromatic rings. The molecule has 0 aliphatic heterocycles. The Bertz CT molecular complexity index is 1020. The van der Waals surface area contributed by atoms with Gasteiger partial charge in [0.15, 0.2) is 11.0 Å². The van der Waals surface area contributed by atoms with Crippen LogP contribution in [0.3, 0.4) is 0 Å². The van der Waals surface area contributed by atoms with Crippen LogP contribution in [-0.4, -0.2) is 26.4 Å². The quantitative estimate of drug-likeness (QED) is 0.330. The number of ether oxygens (including phenoxy) is 1. The lowest BCUT2D eigenvalue weighted by Crippen LogP contribution is -2.15. The standard InChI is InChI=1S/C20H19Br2ClN4O2S/c1-3-27-17(10-29-14-6-4-13(23)5-7-14)25-26-20(27)30-11-18(28)24-19-15(21)8-12(2)9-16(19)22/h4-9H,3,10-11H2,1-2H3,(H,24,28). The summed E-state index contributed by atoms with van der Waals surface area (Å²) in [6.07, 6.45) is 0. The summed E-state index contributed by atoms with van der Waals surface area (Å²) in [4.78, 5) is 12.5. The summed E-state index contributed by atoms with van der Waals surface area (Å²) in [6.45, 7) is 4.94. The fourth-order valence-electron chi connectivity index (χ4n) is 2.65. The number of hydrogen-bond acceptors (Lipinski definition) is 5. The third-order valence-electron chi connectivity index (χ3n) is 4.07. The van der Waals surface area contributed by atoms with E-state index < -0.39 is 0 Å². The largest absolute Gasteiger partial charge is 0.486 e. The fourth-order valence-corrected chi connectivity index (χ4v) is 5.21. The van der Waals surface area contributed by atoms with E-state index >= 15 is 0 Å². The highest BCUT2D eigenvalue weighted by molar-refractivity contribution is 9.11. The minimum atomic E-state index is -0.130. The van der Waals surface area contributed by atoms with Crippen molar-refractivity contribution in [3.05, 3.63) is 61.8 Å². The molecule has 1 heterocycles. The van der Waals surface area contributed by atoms with E-state index in [0.717, 1.165) is 14.5 Å². The van der Waals surface area contributed by atoms with Crippen molar-refractivity contribution >= 4 is 66.8 Å². The normalized spacial score (nSPS) is 10.8. The van der Waals surface area contributed by atoms with Crippen molar-refractivity contribution in [1.29, 1.82) is 0 Å². The second-order valence-electron chi connectivity index (χ2n) is 6.33. The molecule has 1 N–H and O–H groups in total. The molecule has 0 unspecified atom stereocenters. The monoisotopic (exact) mass is 572 g/mol. The minimum absolute atomic E-state index is 0.130. The van der Waals surface area contributed by atoms with Crippen LogP contribution in [0.2, 0.25) is 5.02 Å². The molecule has 158 valence electrons. The van der Waals surface area contributed by atoms with Crippen molar-refractivity contribution in [2.75, 3.05) is 11.1 Å². The Balaban J connectivity index is 1.60. The smallest absolute Gasteiger partial charge is 0.234 e. The van der Waals surface area contributed by atoms with Gasteiger partial charge >= 0.3 is 0 Å². The van der Waals surface area contributed by atoms with Crippen LogP contribution in [-0.2, 0) is 17.9 Å². The predicted molar refractivity (Wildman–Crippen MR) is 127 cm³/mol. The number of carbonyl (C=O) groups excluding carboxylic acids is 1. The van der Waals surface area contributed by atoms with E-state index in [1.165, 1.54) is 11.8 Å². The van der Waals surface area contributed by atoms with E-state index in [-0.39, 0.29) is 18.3 Å². The van der Waals surface area contributed by atoms with E-state index in [2.05, 4.69) is 47.4 Å². The molecule has 0 atom stereocenters. The van der Waals surface area contributed by atoms with Crippen LogP contribution in [0.4, 0.5) is 5.69 Å². The van der Waals surface area contributed by atoms with Gasteiger partial charge in [-0.25, -0.2) is 0 Å². The molecule has 0 spiro atoms. The van der Waals surface area contributed by atoms with Crippen LogP contribution < -0.4 is 10.1 Å². The average molecular weight is 575 g/mol. The van der Waals surface area contributed by atoms with Gasteiger partial charge in [-0.1, -0.05) is 23.4 Å². The fraction of sp³-hybridized carbons (Fsp3) is 0.250. The molecule has 0 radical (unpaired) electrons. The van der Waals surface area contributed by atoms with Crippen LogP contribution in [0.25, 0.3) is 0 Å². The molecule has 0 bridgehead atoms. The maximum Gasteiger partial charge on any atom is 0.234 e. The first-order chi connectivity index (χ1) is 14.4. The molecule has 0 aliphatic rings. The zero-order chi connectivity index (χ0) is 21.7. The van der Waals surface area contributed by atoms with Crippen LogP contribution in [0.15, 0.2) is 50.5 Å². The zero-order valence-corrected chi connectivity index (χ0v) is 21.0. The lowest BCUT2D eigenvalue weighted by atomic mass is 10.2. The summed E-state index contributed by atoms with van der Waals surface area (Å²) in [7, 11) is 0. The lowest BCUT2D eigenvalue weighted by Gasteiger charge is -2.11. The summed E-state index contributed by atoms with van der Waals surface area (Å²) in [6, 6.07) is 11.0. The van der Waals surface area contributed by atoms with E-state index in [1.54, 1.807) is 24.3 Å². The van der Waals surface area contributed by atoms with Crippen molar-refractivity contribution in [1.82, 2.24) is 14.8 Å². The molecule has 6 nitrogen and oxygen atoms in total. The zero-order valence-electron chi connectivity index (χ0n) is 16.3. The van der Waals surface area contributed by atoms with Crippen LogP contribution in [0.5, 0.6) is 5.75 Å². The SMILES string of the molecule is CCn1c(COc2ccc(Cl)cc2)nnc1SCC(=O)Nc1c(Br)cc(C)cc1Br. The van der Waals surface area contributed by atoms with Crippen molar-refractivity contribution in [3.63, 3.8) is 0 Å². The minimum Gasteiger partial charge on any atom is -0.486 e. The van der Waals surface area contributed by atoms with Gasteiger partial charge < -0.3 is 14.6 Å². The van der Waals surface area contributed by atoms with Crippen LogP contribution in [0, 0.1) is 6.92 Å². The van der Waals surface area contributed by atoms with E-state index in [9.17, 15) is 4.79 Å². The van der Waals surface area contributed by atoms with E-state index in [1.807, 2.05) is 30.5 Å². The second kappa shape index (κ2) is 10.7. The molecular weight excluding hydrogens is 556 g/mol. The number of halogens is 3. The number of anilines is 1. The summed E-state index contributed by atoms with van der Waals surface area (Å²) >= 11 is 14.2. The first-order valence-corrected chi connectivity index (χ1v) is 12.0. The Labute approximate surface area is 201 Å². The molecule has 0 saturated carbocycles. The number of aromatic nitrogens is 3. The number of thioether (sulfide) groups is 1. The number of nitrogens with zero attached hydrogens (tertiary/aromatic N) is 3. The summed E-state index contributed by atoms with van der Waals surface area (Å²) in [5, 5.41) is 12.7. The van der Waals surface area contributed by atoms with Gasteiger partial charge in [0.2, 0.25) is 5.91 Å². The molecule has 10 heteroatoms. The number of rotatable bonds is 8. The second-order valence-corrected chi connectivity index (χ2v) is 9.41. The highest BCUT2D eigenvalue weighted by Crippen LogP contribution is 2.32. The Hall–Kier alpha value is -1.55. The van der Waals surface area contributed by atoms with Crippen molar-refractivity contribution in [3.8, 4) is 5.75 Å². The Morgan fingerprint density at radius 2 is 1.87 bits per heavy atom. The van der Waals surface area contributed by atoms with Gasteiger partial charge in [0, 0.05) is 20.5 Å². The van der Waals surface area contributed by atoms with Gasteiger partial charge in [0.1, 0.15) is 12.4 Å². The summed E-state index contributed by atoms with van der Waals surface area (Å²) in [5.41, 5.74) is 1.80. The Morgan fingerprint density at radius 1 is 1.20 bits per heavy atom. The van der Waals surface area contributed by atoms with Gasteiger partial charge in [0.25, 0.3) is 0 Å². The van der Waals surface area contributed by atoms with Gasteiger partial charge in [-0.15, -0.1) is 10.2 Å². The van der Waals surface area contributed by atoms with Crippen molar-refractivity contribution < 1.29 is 9.53 Å². The van der Waals surface area contributed by atoms with Crippen LogP contribution in [0.1, 0.15) is 18.3 Å². The lowest BCUT2D eigenvalue weighted by molar-refractivity contribution is -0.113. The maximum atomic E-state index is 12.5. The number of amides is 1. The third-order valence-corrected chi connectivity index (χ3v) is 6.54. The topological polar surface area (TPSA) is 69.0 Å². The molecule has 2 aromatic carbocycles. The van der Waals surface area contributed by atoms with Gasteiger partial charge in [-0.2, -0.15) is 0 Å². The number of carbonyl (C=O) groups is 1. The average Bonchev–Trinajstić information content (AvgIpc) is 3.10. The van der Waals surface area contributed by atoms with E-state index in [4.69, 9.17) is 16.3 Å². The van der Waals surface area contributed by atoms with E-state index in [0.29, 0.717) is 34.0 Å². The molecular formula is C20H19Br2ClN4O2S. The molecule has 1 amide bonds. The summed E-state index contributed by atoms with van der Waals surface area (Å²) in [5.74, 6) is 1.48. The molecule has 0 aliphatic carbocycles. The molecule has 0 fully saturated rings. The molecule has 0 saturated heterocycles. The molecule has 3 rings (SSSR count). The highest BCUT2D eigenvalue weighted by atomic mass is 79.9. The molecule has 1 aromatic heterocycles. The first-order valence-electron chi connectivity index (χ1n) is 9.06. The van der Waals surface area contributed by atoms with Gasteiger partial charge in [0.05, 0.1) is 11.4 Å². The highest BCUT2D eigenvalue weighted by Gasteiger charge is 2.15. The maximum absolute atomic E-state index is 12.5. The number of benzene rings is 2. The third kappa shape index (κ3) is 6.00. The number of hydrogen-bond donors (Lipinski definition) is 1. The summed E-state index contributed by atoms with van der Waals surface area (Å²) < 4.78 is 9.35. The Morgan fingerprint density at radius 3 is 2.50 bits per heavy atom. The Kier molecular flexibility index (Phi) is 8.21. The predicted octanol–water partition coefficient (Wildman–Crippen LogP) is 6.09. The number of aryl methyl sites for hydroxylation is 1. The van der Waals surface area contributed by atoms with Gasteiger partial charge in [-0.05, 0) is 87.7 Å². The van der Waals surface area contributed by atoms with Gasteiger partial charge in [-0.3, -0.25) is 4.79 Å². The first kappa shape index (κ1) is 23.1. The van der Waals surface area contributed by atoms with Crippen molar-refractivity contribution in [2.45, 2.75) is 32.2 Å². The number of nitrogens with one attached hydrogen (secondary N) is 1. The van der Waals surface area contributed by atoms with Crippen LogP contribution >= 0.6 is 55.2 Å². The molecule has 30 heavy (non-hydrogen) atoms. The van der Waals surface area contributed by atoms with Crippen molar-refractivity contribution in [2.24, 2.45) is 0 Å².